The first-order chi connectivity index (χ1) is 8.75. The number of nitrogens with zero attached hydrogens (tertiary/aromatic N) is 2. The number of rotatable bonds is 2. The van der Waals surface area contributed by atoms with E-state index in [9.17, 15) is 4.39 Å². The molecule has 4 nitrogen and oxygen atoms in total. The number of nitrogens with two attached hydrogens (primary N) is 1. The standard InChI is InChI=1S/C12H9FN4S/c13-9-4-2-1-3-7(9)10-6-18-12(16-10)8-5-15-17-11(8)14/h1-6H,(H3,14,15,17). The lowest BCUT2D eigenvalue weighted by atomic mass is 10.1. The van der Waals surface area contributed by atoms with Crippen molar-refractivity contribution in [1.82, 2.24) is 15.2 Å². The largest absolute Gasteiger partial charge is 0.383 e. The van der Waals surface area contributed by atoms with Crippen molar-refractivity contribution in [2.24, 2.45) is 0 Å². The number of halogens is 1. The number of H-pyrrole nitrogens is 1. The molecule has 0 aliphatic heterocycles. The van der Waals surface area contributed by atoms with E-state index in [1.54, 1.807) is 29.8 Å². The second-order valence-electron chi connectivity index (χ2n) is 3.72. The second kappa shape index (κ2) is 4.23. The second-order valence-corrected chi connectivity index (χ2v) is 4.57. The number of nitrogen functional groups attached to an aromatic ring is 1. The molecule has 0 aliphatic rings. The minimum atomic E-state index is -0.283. The number of thiazole rings is 1. The fraction of sp³-hybridized carbons (Fsp3) is 0. The molecule has 0 saturated heterocycles. The van der Waals surface area contributed by atoms with E-state index < -0.39 is 0 Å². The summed E-state index contributed by atoms with van der Waals surface area (Å²) < 4.78 is 13.6. The highest BCUT2D eigenvalue weighted by molar-refractivity contribution is 7.13. The fourth-order valence-electron chi connectivity index (χ4n) is 1.66. The molecule has 3 rings (SSSR count). The van der Waals surface area contributed by atoms with Crippen LogP contribution in [-0.2, 0) is 0 Å². The van der Waals surface area contributed by atoms with Gasteiger partial charge in [0, 0.05) is 10.9 Å². The molecule has 0 radical (unpaired) electrons. The van der Waals surface area contributed by atoms with Gasteiger partial charge in [0.05, 0.1) is 17.5 Å². The zero-order valence-electron chi connectivity index (χ0n) is 9.22. The molecular weight excluding hydrogens is 251 g/mol. The van der Waals surface area contributed by atoms with Crippen LogP contribution in [0.25, 0.3) is 21.8 Å². The topological polar surface area (TPSA) is 67.6 Å². The van der Waals surface area contributed by atoms with Gasteiger partial charge in [0.2, 0.25) is 0 Å². The lowest BCUT2D eigenvalue weighted by molar-refractivity contribution is 0.631. The van der Waals surface area contributed by atoms with Crippen molar-refractivity contribution < 1.29 is 4.39 Å². The molecule has 0 unspecified atom stereocenters. The summed E-state index contributed by atoms with van der Waals surface area (Å²) in [5.41, 5.74) is 7.56. The summed E-state index contributed by atoms with van der Waals surface area (Å²) in [5, 5.41) is 9.02. The molecule has 0 saturated carbocycles. The Labute approximate surface area is 106 Å². The molecule has 0 aliphatic carbocycles. The molecule has 18 heavy (non-hydrogen) atoms. The summed E-state index contributed by atoms with van der Waals surface area (Å²) in [4.78, 5) is 4.38. The van der Waals surface area contributed by atoms with Crippen LogP contribution in [0.5, 0.6) is 0 Å². The minimum absolute atomic E-state index is 0.283. The van der Waals surface area contributed by atoms with Crippen molar-refractivity contribution in [3.05, 3.63) is 41.7 Å². The van der Waals surface area contributed by atoms with Crippen LogP contribution in [0.4, 0.5) is 10.2 Å². The van der Waals surface area contributed by atoms with Gasteiger partial charge in [-0.1, -0.05) is 12.1 Å². The normalized spacial score (nSPS) is 10.7. The Morgan fingerprint density at radius 3 is 2.78 bits per heavy atom. The third-order valence-electron chi connectivity index (χ3n) is 2.55. The molecule has 0 amide bonds. The summed E-state index contributed by atoms with van der Waals surface area (Å²) in [6, 6.07) is 6.55. The van der Waals surface area contributed by atoms with Crippen molar-refractivity contribution in [3.8, 4) is 21.8 Å². The van der Waals surface area contributed by atoms with Gasteiger partial charge in [-0.25, -0.2) is 9.37 Å². The van der Waals surface area contributed by atoms with Crippen LogP contribution in [0.2, 0.25) is 0 Å². The predicted molar refractivity (Wildman–Crippen MR) is 69.5 cm³/mol. The zero-order valence-corrected chi connectivity index (χ0v) is 10.0. The van der Waals surface area contributed by atoms with Crippen molar-refractivity contribution in [2.75, 3.05) is 5.73 Å². The number of benzene rings is 1. The highest BCUT2D eigenvalue weighted by atomic mass is 32.1. The highest BCUT2D eigenvalue weighted by Gasteiger charge is 2.12. The number of aromatic nitrogens is 3. The average molecular weight is 260 g/mol. The van der Waals surface area contributed by atoms with E-state index in [1.165, 1.54) is 17.4 Å². The summed E-state index contributed by atoms with van der Waals surface area (Å²) in [6.45, 7) is 0. The van der Waals surface area contributed by atoms with E-state index in [-0.39, 0.29) is 5.82 Å². The van der Waals surface area contributed by atoms with Crippen molar-refractivity contribution in [1.29, 1.82) is 0 Å². The van der Waals surface area contributed by atoms with Gasteiger partial charge in [-0.15, -0.1) is 11.3 Å². The average Bonchev–Trinajstić information content (AvgIpc) is 2.98. The molecule has 1 aromatic carbocycles. The van der Waals surface area contributed by atoms with Crippen LogP contribution in [0, 0.1) is 5.82 Å². The summed E-state index contributed by atoms with van der Waals surface area (Å²) >= 11 is 1.41. The van der Waals surface area contributed by atoms with Gasteiger partial charge in [0.1, 0.15) is 16.6 Å². The number of nitrogens with one attached hydrogen (secondary N) is 1. The zero-order chi connectivity index (χ0) is 12.5. The summed E-state index contributed by atoms with van der Waals surface area (Å²) in [7, 11) is 0. The molecule has 0 fully saturated rings. The molecular formula is C12H9FN4S. The van der Waals surface area contributed by atoms with E-state index in [4.69, 9.17) is 5.73 Å². The van der Waals surface area contributed by atoms with E-state index in [2.05, 4.69) is 15.2 Å². The summed E-state index contributed by atoms with van der Waals surface area (Å²) in [5.74, 6) is 0.180. The van der Waals surface area contributed by atoms with Gasteiger partial charge in [-0.3, -0.25) is 5.10 Å². The number of hydrogen-bond acceptors (Lipinski definition) is 4. The van der Waals surface area contributed by atoms with Crippen molar-refractivity contribution >= 4 is 17.2 Å². The molecule has 2 heterocycles. The maximum absolute atomic E-state index is 13.6. The van der Waals surface area contributed by atoms with Gasteiger partial charge in [-0.05, 0) is 12.1 Å². The first-order valence-corrected chi connectivity index (χ1v) is 6.13. The lowest BCUT2D eigenvalue weighted by Gasteiger charge is -1.97. The van der Waals surface area contributed by atoms with Crippen molar-refractivity contribution in [2.45, 2.75) is 0 Å². The molecule has 0 spiro atoms. The van der Waals surface area contributed by atoms with Crippen LogP contribution in [-0.4, -0.2) is 15.2 Å². The quantitative estimate of drug-likeness (QED) is 0.744. The Kier molecular flexibility index (Phi) is 2.56. The first kappa shape index (κ1) is 10.9. The lowest BCUT2D eigenvalue weighted by Crippen LogP contribution is -1.87. The Bertz CT molecular complexity index is 689. The van der Waals surface area contributed by atoms with Crippen LogP contribution in [0.1, 0.15) is 0 Å². The van der Waals surface area contributed by atoms with E-state index in [0.717, 1.165) is 10.6 Å². The molecule has 3 N–H and O–H groups in total. The minimum Gasteiger partial charge on any atom is -0.383 e. The molecule has 0 atom stereocenters. The Hall–Kier alpha value is -2.21. The Morgan fingerprint density at radius 2 is 2.06 bits per heavy atom. The molecule has 6 heteroatoms. The summed E-state index contributed by atoms with van der Waals surface area (Å²) in [6.07, 6.45) is 1.61. The van der Waals surface area contributed by atoms with Crippen LogP contribution >= 0.6 is 11.3 Å². The SMILES string of the molecule is Nc1[nH]ncc1-c1nc(-c2ccccc2F)cs1. The van der Waals surface area contributed by atoms with E-state index in [0.29, 0.717) is 17.1 Å². The number of anilines is 1. The highest BCUT2D eigenvalue weighted by Crippen LogP contribution is 2.31. The third kappa shape index (κ3) is 1.76. The first-order valence-electron chi connectivity index (χ1n) is 5.25. The molecule has 90 valence electrons. The van der Waals surface area contributed by atoms with E-state index in [1.807, 2.05) is 0 Å². The molecule has 3 aromatic rings. The van der Waals surface area contributed by atoms with Crippen LogP contribution in [0.3, 0.4) is 0 Å². The van der Waals surface area contributed by atoms with Gasteiger partial charge in [0.15, 0.2) is 0 Å². The van der Waals surface area contributed by atoms with Gasteiger partial charge < -0.3 is 5.73 Å². The number of hydrogen-bond donors (Lipinski definition) is 2. The van der Waals surface area contributed by atoms with Crippen molar-refractivity contribution in [3.63, 3.8) is 0 Å². The Balaban J connectivity index is 2.05. The Morgan fingerprint density at radius 1 is 1.22 bits per heavy atom. The molecule has 2 aromatic heterocycles. The van der Waals surface area contributed by atoms with Crippen LogP contribution in [0.15, 0.2) is 35.8 Å². The fourth-order valence-corrected chi connectivity index (χ4v) is 2.50. The van der Waals surface area contributed by atoms with E-state index >= 15 is 0 Å². The van der Waals surface area contributed by atoms with Gasteiger partial charge in [-0.2, -0.15) is 5.10 Å². The van der Waals surface area contributed by atoms with Gasteiger partial charge >= 0.3 is 0 Å². The maximum Gasteiger partial charge on any atom is 0.132 e. The molecule has 0 bridgehead atoms. The smallest absolute Gasteiger partial charge is 0.132 e. The van der Waals surface area contributed by atoms with Gasteiger partial charge in [0.25, 0.3) is 0 Å². The van der Waals surface area contributed by atoms with Crippen LogP contribution < -0.4 is 5.73 Å². The predicted octanol–water partition coefficient (Wildman–Crippen LogP) is 2.92. The monoisotopic (exact) mass is 260 g/mol. The maximum atomic E-state index is 13.6. The number of aromatic amines is 1. The third-order valence-corrected chi connectivity index (χ3v) is 3.43.